The third-order valence-corrected chi connectivity index (χ3v) is 4.11. The molecule has 0 saturated heterocycles. The molecule has 1 heterocycles. The van der Waals surface area contributed by atoms with Crippen molar-refractivity contribution in [3.8, 4) is 5.75 Å². The Morgan fingerprint density at radius 3 is 2.77 bits per heavy atom. The van der Waals surface area contributed by atoms with Crippen molar-refractivity contribution in [2.75, 3.05) is 6.61 Å². The molecular weight excluding hydrogens is 302 g/mol. The Hall–Kier alpha value is -2.34. The number of carbonyl (C=O) groups is 2. The number of phenolic OH excluding ortho intramolecular Hbond substituents is 1. The van der Waals surface area contributed by atoms with Crippen LogP contribution in [-0.4, -0.2) is 23.6 Å². The highest BCUT2D eigenvalue weighted by Crippen LogP contribution is 2.20. The van der Waals surface area contributed by atoms with Crippen LogP contribution in [0.25, 0.3) is 0 Å². The molecule has 2 N–H and O–H groups in total. The molecule has 22 heavy (non-hydrogen) atoms. The molecule has 0 aliphatic heterocycles. The van der Waals surface area contributed by atoms with E-state index in [1.54, 1.807) is 24.3 Å². The van der Waals surface area contributed by atoms with Gasteiger partial charge in [0, 0.05) is 4.88 Å². The minimum atomic E-state index is -0.726. The van der Waals surface area contributed by atoms with Gasteiger partial charge in [0.15, 0.2) is 6.61 Å². The summed E-state index contributed by atoms with van der Waals surface area (Å²) in [6.45, 7) is 3.27. The van der Waals surface area contributed by atoms with Crippen molar-refractivity contribution in [3.63, 3.8) is 0 Å². The quantitative estimate of drug-likeness (QED) is 0.831. The molecule has 1 aromatic heterocycles. The van der Waals surface area contributed by atoms with E-state index < -0.39 is 5.97 Å². The van der Waals surface area contributed by atoms with Crippen molar-refractivity contribution in [2.24, 2.45) is 0 Å². The maximum Gasteiger partial charge on any atom is 0.342 e. The first kappa shape index (κ1) is 16.0. The van der Waals surface area contributed by atoms with Gasteiger partial charge in [-0.25, -0.2) is 4.79 Å². The van der Waals surface area contributed by atoms with Gasteiger partial charge in [-0.3, -0.25) is 4.79 Å². The lowest BCUT2D eigenvalue weighted by atomic mass is 10.1. The Labute approximate surface area is 132 Å². The third kappa shape index (κ3) is 4.08. The van der Waals surface area contributed by atoms with Crippen LogP contribution < -0.4 is 5.32 Å². The number of phenols is 1. The van der Waals surface area contributed by atoms with Crippen molar-refractivity contribution in [1.82, 2.24) is 5.32 Å². The number of thiophene rings is 1. The molecule has 1 atom stereocenters. The molecule has 1 amide bonds. The number of nitrogens with one attached hydrogen (secondary N) is 1. The Balaban J connectivity index is 1.86. The van der Waals surface area contributed by atoms with Gasteiger partial charge in [0.25, 0.3) is 5.91 Å². The summed E-state index contributed by atoms with van der Waals surface area (Å²) in [4.78, 5) is 24.6. The largest absolute Gasteiger partial charge is 0.507 e. The molecule has 0 spiro atoms. The van der Waals surface area contributed by atoms with E-state index in [1.165, 1.54) is 12.1 Å². The van der Waals surface area contributed by atoms with Gasteiger partial charge in [0.2, 0.25) is 0 Å². The average Bonchev–Trinajstić information content (AvgIpc) is 2.99. The number of amides is 1. The zero-order chi connectivity index (χ0) is 16.1. The summed E-state index contributed by atoms with van der Waals surface area (Å²) >= 11 is 1.54. The normalized spacial score (nSPS) is 11.7. The maximum absolute atomic E-state index is 11.8. The van der Waals surface area contributed by atoms with Crippen LogP contribution >= 0.6 is 11.3 Å². The fraction of sp³-hybridized carbons (Fsp3) is 0.250. The van der Waals surface area contributed by atoms with Crippen LogP contribution in [0, 0.1) is 6.92 Å². The minimum absolute atomic E-state index is 0.0460. The van der Waals surface area contributed by atoms with Crippen LogP contribution in [-0.2, 0) is 9.53 Å². The molecule has 2 aromatic rings. The zero-order valence-corrected chi connectivity index (χ0v) is 13.1. The summed E-state index contributed by atoms with van der Waals surface area (Å²) in [6, 6.07) is 8.32. The Kier molecular flexibility index (Phi) is 5.16. The fourth-order valence-corrected chi connectivity index (χ4v) is 2.65. The molecule has 0 aliphatic rings. The highest BCUT2D eigenvalue weighted by molar-refractivity contribution is 7.10. The van der Waals surface area contributed by atoms with Crippen LogP contribution in [0.2, 0.25) is 0 Å². The van der Waals surface area contributed by atoms with Gasteiger partial charge in [0.05, 0.1) is 6.04 Å². The molecule has 0 bridgehead atoms. The number of benzene rings is 1. The Morgan fingerprint density at radius 1 is 1.36 bits per heavy atom. The molecule has 0 aliphatic carbocycles. The van der Waals surface area contributed by atoms with E-state index in [1.807, 2.05) is 24.4 Å². The van der Waals surface area contributed by atoms with E-state index in [-0.39, 0.29) is 29.9 Å². The number of esters is 1. The van der Waals surface area contributed by atoms with E-state index in [0.29, 0.717) is 0 Å². The molecule has 6 heteroatoms. The second-order valence-corrected chi connectivity index (χ2v) is 5.88. The van der Waals surface area contributed by atoms with Crippen LogP contribution in [0.1, 0.15) is 33.8 Å². The molecule has 0 saturated carbocycles. The van der Waals surface area contributed by atoms with E-state index in [9.17, 15) is 14.7 Å². The van der Waals surface area contributed by atoms with Crippen LogP contribution in [0.5, 0.6) is 5.75 Å². The molecule has 5 nitrogen and oxygen atoms in total. The van der Waals surface area contributed by atoms with E-state index in [0.717, 1.165) is 10.4 Å². The van der Waals surface area contributed by atoms with Crippen molar-refractivity contribution >= 4 is 23.2 Å². The lowest BCUT2D eigenvalue weighted by Gasteiger charge is -2.12. The standard InChI is InChI=1S/C16H17NO4S/c1-10-5-6-12(13(18)8-10)16(20)21-9-15(19)17-11(2)14-4-3-7-22-14/h3-8,11,18H,9H2,1-2H3,(H,17,19). The summed E-state index contributed by atoms with van der Waals surface area (Å²) in [7, 11) is 0. The monoisotopic (exact) mass is 319 g/mol. The molecule has 0 fully saturated rings. The fourth-order valence-electron chi connectivity index (χ4n) is 1.92. The summed E-state index contributed by atoms with van der Waals surface area (Å²) < 4.78 is 4.92. The maximum atomic E-state index is 11.8. The topological polar surface area (TPSA) is 75.6 Å². The first-order valence-electron chi connectivity index (χ1n) is 6.77. The number of aryl methyl sites for hydroxylation is 1. The lowest BCUT2D eigenvalue weighted by Crippen LogP contribution is -2.30. The predicted molar refractivity (Wildman–Crippen MR) is 84.0 cm³/mol. The van der Waals surface area contributed by atoms with E-state index in [2.05, 4.69) is 5.32 Å². The lowest BCUT2D eigenvalue weighted by molar-refractivity contribution is -0.124. The van der Waals surface area contributed by atoms with Crippen LogP contribution in [0.4, 0.5) is 0 Å². The number of rotatable bonds is 5. The summed E-state index contributed by atoms with van der Waals surface area (Å²) in [5, 5.41) is 14.4. The first-order chi connectivity index (χ1) is 10.5. The first-order valence-corrected chi connectivity index (χ1v) is 7.65. The molecule has 1 aromatic carbocycles. The molecule has 1 unspecified atom stereocenters. The number of ether oxygens (including phenoxy) is 1. The molecule has 116 valence electrons. The number of carbonyl (C=O) groups excluding carboxylic acids is 2. The second kappa shape index (κ2) is 7.09. The van der Waals surface area contributed by atoms with Crippen molar-refractivity contribution < 1.29 is 19.4 Å². The van der Waals surface area contributed by atoms with E-state index in [4.69, 9.17) is 4.74 Å². The van der Waals surface area contributed by atoms with Gasteiger partial charge in [-0.15, -0.1) is 11.3 Å². The van der Waals surface area contributed by atoms with Gasteiger partial charge >= 0.3 is 5.97 Å². The smallest absolute Gasteiger partial charge is 0.342 e. The molecule has 0 radical (unpaired) electrons. The van der Waals surface area contributed by atoms with Gasteiger partial charge < -0.3 is 15.2 Å². The summed E-state index contributed by atoms with van der Waals surface area (Å²) in [5.74, 6) is -1.27. The molecule has 2 rings (SSSR count). The zero-order valence-electron chi connectivity index (χ0n) is 12.3. The van der Waals surface area contributed by atoms with E-state index >= 15 is 0 Å². The minimum Gasteiger partial charge on any atom is -0.507 e. The highest BCUT2D eigenvalue weighted by Gasteiger charge is 2.16. The second-order valence-electron chi connectivity index (χ2n) is 4.90. The van der Waals surface area contributed by atoms with Crippen molar-refractivity contribution in [1.29, 1.82) is 0 Å². The predicted octanol–water partition coefficient (Wildman–Crippen LogP) is 2.80. The van der Waals surface area contributed by atoms with Gasteiger partial charge in [0.1, 0.15) is 11.3 Å². The Morgan fingerprint density at radius 2 is 2.14 bits per heavy atom. The molecular formula is C16H17NO4S. The number of hydrogen-bond donors (Lipinski definition) is 2. The van der Waals surface area contributed by atoms with Gasteiger partial charge in [-0.05, 0) is 43.0 Å². The average molecular weight is 319 g/mol. The van der Waals surface area contributed by atoms with Crippen LogP contribution in [0.3, 0.4) is 0 Å². The van der Waals surface area contributed by atoms with Crippen molar-refractivity contribution in [3.05, 3.63) is 51.7 Å². The third-order valence-electron chi connectivity index (χ3n) is 3.05. The van der Waals surface area contributed by atoms with Crippen molar-refractivity contribution in [2.45, 2.75) is 19.9 Å². The van der Waals surface area contributed by atoms with Crippen LogP contribution in [0.15, 0.2) is 35.7 Å². The summed E-state index contributed by atoms with van der Waals surface area (Å²) in [6.07, 6.45) is 0. The number of aromatic hydroxyl groups is 1. The summed E-state index contributed by atoms with van der Waals surface area (Å²) in [5.41, 5.74) is 0.876. The SMILES string of the molecule is Cc1ccc(C(=O)OCC(=O)NC(C)c2cccs2)c(O)c1. The Bertz CT molecular complexity index is 667. The number of hydrogen-bond acceptors (Lipinski definition) is 5. The highest BCUT2D eigenvalue weighted by atomic mass is 32.1. The van der Waals surface area contributed by atoms with Gasteiger partial charge in [-0.2, -0.15) is 0 Å². The van der Waals surface area contributed by atoms with Gasteiger partial charge in [-0.1, -0.05) is 12.1 Å².